The highest BCUT2D eigenvalue weighted by molar-refractivity contribution is 6.60. The molecule has 0 aliphatic heterocycles. The molecule has 6 heteroatoms. The SMILES string of the molecule is CCCOc1c(C=NNc2ccccc2)cc(C)cc1B(O)O. The molecule has 0 aromatic heterocycles. The summed E-state index contributed by atoms with van der Waals surface area (Å²) >= 11 is 0. The van der Waals surface area contributed by atoms with Gasteiger partial charge in [-0.2, -0.15) is 5.10 Å². The molecular weight excluding hydrogens is 291 g/mol. The van der Waals surface area contributed by atoms with Crippen LogP contribution in [0.15, 0.2) is 47.6 Å². The van der Waals surface area contributed by atoms with Crippen molar-refractivity contribution in [2.24, 2.45) is 5.10 Å². The lowest BCUT2D eigenvalue weighted by molar-refractivity contribution is 0.317. The van der Waals surface area contributed by atoms with Gasteiger partial charge in [-0.1, -0.05) is 36.8 Å². The lowest BCUT2D eigenvalue weighted by Crippen LogP contribution is -2.32. The molecule has 0 saturated carbocycles. The summed E-state index contributed by atoms with van der Waals surface area (Å²) in [6, 6.07) is 13.2. The van der Waals surface area contributed by atoms with Crippen molar-refractivity contribution in [1.29, 1.82) is 0 Å². The fraction of sp³-hybridized carbons (Fsp3) is 0.235. The Hall–Kier alpha value is -2.31. The molecule has 0 atom stereocenters. The van der Waals surface area contributed by atoms with Crippen molar-refractivity contribution in [3.63, 3.8) is 0 Å². The molecule has 0 fully saturated rings. The highest BCUT2D eigenvalue weighted by Crippen LogP contribution is 2.17. The molecule has 0 amide bonds. The van der Waals surface area contributed by atoms with Crippen molar-refractivity contribution in [2.45, 2.75) is 20.3 Å². The third-order valence-electron chi connectivity index (χ3n) is 3.19. The summed E-state index contributed by atoms with van der Waals surface area (Å²) in [6.45, 7) is 4.38. The molecule has 120 valence electrons. The minimum atomic E-state index is -1.59. The Balaban J connectivity index is 2.28. The second kappa shape index (κ2) is 8.36. The Labute approximate surface area is 136 Å². The van der Waals surface area contributed by atoms with E-state index in [4.69, 9.17) is 4.74 Å². The van der Waals surface area contributed by atoms with E-state index in [1.807, 2.05) is 50.2 Å². The summed E-state index contributed by atoms with van der Waals surface area (Å²) in [6.07, 6.45) is 2.45. The summed E-state index contributed by atoms with van der Waals surface area (Å²) in [5, 5.41) is 23.3. The molecule has 0 spiro atoms. The van der Waals surface area contributed by atoms with Crippen LogP contribution in [-0.2, 0) is 0 Å². The Morgan fingerprint density at radius 3 is 2.61 bits per heavy atom. The molecule has 0 heterocycles. The van der Waals surface area contributed by atoms with Gasteiger partial charge in [0.05, 0.1) is 18.5 Å². The van der Waals surface area contributed by atoms with Crippen molar-refractivity contribution >= 4 is 24.5 Å². The zero-order valence-electron chi connectivity index (χ0n) is 13.4. The lowest BCUT2D eigenvalue weighted by Gasteiger charge is -2.14. The van der Waals surface area contributed by atoms with E-state index in [1.165, 1.54) is 0 Å². The first-order valence-corrected chi connectivity index (χ1v) is 7.59. The Bertz CT molecular complexity index is 660. The van der Waals surface area contributed by atoms with E-state index < -0.39 is 7.12 Å². The van der Waals surface area contributed by atoms with Crippen LogP contribution in [-0.4, -0.2) is 30.0 Å². The van der Waals surface area contributed by atoms with E-state index >= 15 is 0 Å². The van der Waals surface area contributed by atoms with Crippen LogP contribution in [0.5, 0.6) is 5.75 Å². The van der Waals surface area contributed by atoms with E-state index in [0.29, 0.717) is 23.4 Å². The Kier molecular flexibility index (Phi) is 6.20. The van der Waals surface area contributed by atoms with E-state index in [-0.39, 0.29) is 0 Å². The first kappa shape index (κ1) is 17.1. The number of anilines is 1. The maximum Gasteiger partial charge on any atom is 0.492 e. The predicted octanol–water partition coefficient (Wildman–Crippen LogP) is 1.91. The smallest absolute Gasteiger partial charge is 0.492 e. The first-order chi connectivity index (χ1) is 11.1. The van der Waals surface area contributed by atoms with E-state index in [9.17, 15) is 10.0 Å². The molecule has 3 N–H and O–H groups in total. The molecule has 2 aromatic rings. The van der Waals surface area contributed by atoms with Gasteiger partial charge >= 0.3 is 7.12 Å². The molecule has 0 saturated heterocycles. The number of rotatable bonds is 7. The molecule has 0 aliphatic rings. The summed E-state index contributed by atoms with van der Waals surface area (Å²) in [7, 11) is -1.59. The van der Waals surface area contributed by atoms with Crippen LogP contribution in [0, 0.1) is 6.92 Å². The normalized spacial score (nSPS) is 10.8. The number of para-hydroxylation sites is 1. The lowest BCUT2D eigenvalue weighted by atomic mass is 9.77. The number of hydrogen-bond acceptors (Lipinski definition) is 5. The highest BCUT2D eigenvalue weighted by atomic mass is 16.5. The number of aryl methyl sites for hydroxylation is 1. The maximum absolute atomic E-state index is 9.57. The standard InChI is InChI=1S/C17H21BN2O3/c1-3-9-23-17-14(10-13(2)11-16(17)18(21)22)12-19-20-15-7-5-4-6-8-15/h4-8,10-12,20-22H,3,9H2,1-2H3. The van der Waals surface area contributed by atoms with Gasteiger partial charge in [0.15, 0.2) is 0 Å². The van der Waals surface area contributed by atoms with Gasteiger partial charge in [-0.15, -0.1) is 0 Å². The van der Waals surface area contributed by atoms with Crippen molar-refractivity contribution in [3.8, 4) is 5.75 Å². The van der Waals surface area contributed by atoms with Gasteiger partial charge in [-0.25, -0.2) is 0 Å². The van der Waals surface area contributed by atoms with Gasteiger partial charge in [-0.3, -0.25) is 5.43 Å². The molecular formula is C17H21BN2O3. The van der Waals surface area contributed by atoms with Crippen LogP contribution in [0.25, 0.3) is 0 Å². The van der Waals surface area contributed by atoms with Gasteiger partial charge in [0, 0.05) is 11.0 Å². The second-order valence-electron chi connectivity index (χ2n) is 5.23. The Morgan fingerprint density at radius 2 is 1.96 bits per heavy atom. The minimum Gasteiger partial charge on any atom is -0.493 e. The Morgan fingerprint density at radius 1 is 1.22 bits per heavy atom. The van der Waals surface area contributed by atoms with Crippen LogP contribution in [0.4, 0.5) is 5.69 Å². The molecule has 23 heavy (non-hydrogen) atoms. The van der Waals surface area contributed by atoms with Gasteiger partial charge < -0.3 is 14.8 Å². The molecule has 2 aromatic carbocycles. The van der Waals surface area contributed by atoms with Gasteiger partial charge in [0.25, 0.3) is 0 Å². The fourth-order valence-electron chi connectivity index (χ4n) is 2.18. The number of benzene rings is 2. The minimum absolute atomic E-state index is 0.347. The van der Waals surface area contributed by atoms with Crippen molar-refractivity contribution < 1.29 is 14.8 Å². The summed E-state index contributed by atoms with van der Waals surface area (Å²) in [5.41, 5.74) is 5.75. The largest absolute Gasteiger partial charge is 0.493 e. The molecule has 0 radical (unpaired) electrons. The third-order valence-corrected chi connectivity index (χ3v) is 3.19. The van der Waals surface area contributed by atoms with Crippen molar-refractivity contribution in [3.05, 3.63) is 53.6 Å². The number of ether oxygens (including phenoxy) is 1. The van der Waals surface area contributed by atoms with Gasteiger partial charge in [0.1, 0.15) is 5.75 Å². The first-order valence-electron chi connectivity index (χ1n) is 7.59. The van der Waals surface area contributed by atoms with Crippen molar-refractivity contribution in [2.75, 3.05) is 12.0 Å². The quantitative estimate of drug-likeness (QED) is 0.415. The van der Waals surface area contributed by atoms with Crippen LogP contribution in [0.1, 0.15) is 24.5 Å². The summed E-state index contributed by atoms with van der Waals surface area (Å²) in [4.78, 5) is 0. The fourth-order valence-corrected chi connectivity index (χ4v) is 2.18. The zero-order valence-corrected chi connectivity index (χ0v) is 13.4. The van der Waals surface area contributed by atoms with Crippen LogP contribution < -0.4 is 15.6 Å². The van der Waals surface area contributed by atoms with E-state index in [1.54, 1.807) is 12.3 Å². The van der Waals surface area contributed by atoms with Crippen LogP contribution in [0.3, 0.4) is 0 Å². The molecule has 0 unspecified atom stereocenters. The molecule has 0 bridgehead atoms. The average Bonchev–Trinajstić information content (AvgIpc) is 2.54. The third kappa shape index (κ3) is 4.84. The van der Waals surface area contributed by atoms with E-state index in [0.717, 1.165) is 17.7 Å². The van der Waals surface area contributed by atoms with E-state index in [2.05, 4.69) is 10.5 Å². The number of hydrogen-bond donors (Lipinski definition) is 3. The number of nitrogens with zero attached hydrogens (tertiary/aromatic N) is 1. The topological polar surface area (TPSA) is 74.1 Å². The predicted molar refractivity (Wildman–Crippen MR) is 94.4 cm³/mol. The van der Waals surface area contributed by atoms with Crippen molar-refractivity contribution in [1.82, 2.24) is 0 Å². The molecule has 0 aliphatic carbocycles. The monoisotopic (exact) mass is 312 g/mol. The van der Waals surface area contributed by atoms with Gasteiger partial charge in [0.2, 0.25) is 0 Å². The van der Waals surface area contributed by atoms with Crippen LogP contribution in [0.2, 0.25) is 0 Å². The van der Waals surface area contributed by atoms with Crippen LogP contribution >= 0.6 is 0 Å². The maximum atomic E-state index is 9.57. The number of hydrazone groups is 1. The average molecular weight is 312 g/mol. The zero-order chi connectivity index (χ0) is 16.7. The molecule has 5 nitrogen and oxygen atoms in total. The summed E-state index contributed by atoms with van der Waals surface area (Å²) < 4.78 is 5.70. The number of nitrogens with one attached hydrogen (secondary N) is 1. The second-order valence-corrected chi connectivity index (χ2v) is 5.23. The molecule has 2 rings (SSSR count). The highest BCUT2D eigenvalue weighted by Gasteiger charge is 2.20. The summed E-state index contributed by atoms with van der Waals surface area (Å²) in [5.74, 6) is 0.450. The van der Waals surface area contributed by atoms with Gasteiger partial charge in [-0.05, 0) is 31.5 Å².